The summed E-state index contributed by atoms with van der Waals surface area (Å²) in [6.07, 6.45) is 2.24. The summed E-state index contributed by atoms with van der Waals surface area (Å²) >= 11 is 0. The van der Waals surface area contributed by atoms with Gasteiger partial charge in [-0.2, -0.15) is 5.10 Å². The molecule has 1 aromatic carbocycles. The second-order valence-corrected chi connectivity index (χ2v) is 4.88. The zero-order chi connectivity index (χ0) is 11.8. The maximum atomic E-state index is 5.94. The molecule has 2 N–H and O–H groups in total. The maximum absolute atomic E-state index is 5.94. The molecule has 2 aromatic rings. The number of hydrogen-bond acceptors (Lipinski definition) is 2. The SMILES string of the molecule is CCCC(C)(C)n1nc(N)c2ccccc21. The molecule has 0 bridgehead atoms. The van der Waals surface area contributed by atoms with Gasteiger partial charge < -0.3 is 5.73 Å². The second kappa shape index (κ2) is 3.81. The monoisotopic (exact) mass is 217 g/mol. The van der Waals surface area contributed by atoms with E-state index in [0.717, 1.165) is 23.7 Å². The molecule has 0 atom stereocenters. The van der Waals surface area contributed by atoms with Crippen LogP contribution in [0.5, 0.6) is 0 Å². The van der Waals surface area contributed by atoms with Crippen LogP contribution in [0.3, 0.4) is 0 Å². The van der Waals surface area contributed by atoms with Crippen LogP contribution < -0.4 is 5.73 Å². The zero-order valence-corrected chi connectivity index (χ0v) is 10.2. The lowest BCUT2D eigenvalue weighted by atomic mass is 9.99. The van der Waals surface area contributed by atoms with Crippen molar-refractivity contribution in [1.29, 1.82) is 0 Å². The standard InChI is InChI=1S/C13H19N3/c1-4-9-13(2,3)16-11-8-6-5-7-10(11)12(14)15-16/h5-8H,4,9H2,1-3H3,(H2,14,15). The highest BCUT2D eigenvalue weighted by atomic mass is 15.3. The quantitative estimate of drug-likeness (QED) is 0.858. The Labute approximate surface area is 96.2 Å². The Balaban J connectivity index is 2.61. The fraction of sp³-hybridized carbons (Fsp3) is 0.462. The molecule has 1 heterocycles. The van der Waals surface area contributed by atoms with Crippen molar-refractivity contribution in [2.45, 2.75) is 39.2 Å². The molecule has 86 valence electrons. The number of nitrogens with zero attached hydrogens (tertiary/aromatic N) is 2. The molecule has 2 rings (SSSR count). The molecule has 0 saturated heterocycles. The second-order valence-electron chi connectivity index (χ2n) is 4.88. The van der Waals surface area contributed by atoms with E-state index in [1.165, 1.54) is 0 Å². The topological polar surface area (TPSA) is 43.8 Å². The molecule has 16 heavy (non-hydrogen) atoms. The van der Waals surface area contributed by atoms with Gasteiger partial charge in [0.25, 0.3) is 0 Å². The summed E-state index contributed by atoms with van der Waals surface area (Å²) in [4.78, 5) is 0. The number of para-hydroxylation sites is 1. The van der Waals surface area contributed by atoms with Crippen LogP contribution in [0.4, 0.5) is 5.82 Å². The number of fused-ring (bicyclic) bond motifs is 1. The van der Waals surface area contributed by atoms with E-state index in [2.05, 4.69) is 36.6 Å². The zero-order valence-electron chi connectivity index (χ0n) is 10.2. The van der Waals surface area contributed by atoms with Crippen LogP contribution in [0.15, 0.2) is 24.3 Å². The molecule has 3 heteroatoms. The summed E-state index contributed by atoms with van der Waals surface area (Å²) in [5.74, 6) is 0.625. The van der Waals surface area contributed by atoms with Crippen molar-refractivity contribution in [2.75, 3.05) is 5.73 Å². The van der Waals surface area contributed by atoms with Gasteiger partial charge in [0.2, 0.25) is 0 Å². The predicted molar refractivity (Wildman–Crippen MR) is 68.4 cm³/mol. The van der Waals surface area contributed by atoms with Gasteiger partial charge in [0.1, 0.15) is 0 Å². The van der Waals surface area contributed by atoms with Crippen molar-refractivity contribution in [3.63, 3.8) is 0 Å². The molecule has 0 fully saturated rings. The van der Waals surface area contributed by atoms with E-state index in [1.54, 1.807) is 0 Å². The Bertz CT molecular complexity index is 497. The van der Waals surface area contributed by atoms with Gasteiger partial charge >= 0.3 is 0 Å². The highest BCUT2D eigenvalue weighted by Crippen LogP contribution is 2.28. The van der Waals surface area contributed by atoms with Crippen LogP contribution in [0, 0.1) is 0 Å². The molecule has 0 aliphatic rings. The Morgan fingerprint density at radius 2 is 2.00 bits per heavy atom. The Hall–Kier alpha value is -1.51. The Morgan fingerprint density at radius 3 is 2.69 bits per heavy atom. The molecule has 0 radical (unpaired) electrons. The first-order chi connectivity index (χ1) is 7.56. The fourth-order valence-electron chi connectivity index (χ4n) is 2.27. The maximum Gasteiger partial charge on any atom is 0.153 e. The minimum absolute atomic E-state index is 0.0198. The number of benzene rings is 1. The Morgan fingerprint density at radius 1 is 1.31 bits per heavy atom. The number of aromatic nitrogens is 2. The average molecular weight is 217 g/mol. The normalized spacial score (nSPS) is 12.2. The van der Waals surface area contributed by atoms with E-state index in [0.29, 0.717) is 5.82 Å². The van der Waals surface area contributed by atoms with Crippen LogP contribution in [0.25, 0.3) is 10.9 Å². The van der Waals surface area contributed by atoms with E-state index < -0.39 is 0 Å². The van der Waals surface area contributed by atoms with Crippen LogP contribution in [-0.2, 0) is 5.54 Å². The summed E-state index contributed by atoms with van der Waals surface area (Å²) in [6.45, 7) is 6.60. The number of rotatable bonds is 3. The number of nitrogens with two attached hydrogens (primary N) is 1. The van der Waals surface area contributed by atoms with Gasteiger partial charge in [-0.3, -0.25) is 4.68 Å². The smallest absolute Gasteiger partial charge is 0.153 e. The number of nitrogen functional groups attached to an aromatic ring is 1. The van der Waals surface area contributed by atoms with Gasteiger partial charge in [-0.1, -0.05) is 25.5 Å². The first-order valence-corrected chi connectivity index (χ1v) is 5.80. The van der Waals surface area contributed by atoms with E-state index in [4.69, 9.17) is 5.73 Å². The van der Waals surface area contributed by atoms with Crippen molar-refractivity contribution in [3.8, 4) is 0 Å². The van der Waals surface area contributed by atoms with Gasteiger partial charge in [-0.05, 0) is 32.4 Å². The summed E-state index contributed by atoms with van der Waals surface area (Å²) in [6, 6.07) is 8.13. The third-order valence-electron chi connectivity index (χ3n) is 3.05. The minimum Gasteiger partial charge on any atom is -0.382 e. The molecule has 0 saturated carbocycles. The van der Waals surface area contributed by atoms with Crippen LogP contribution >= 0.6 is 0 Å². The van der Waals surface area contributed by atoms with Crippen LogP contribution in [0.1, 0.15) is 33.6 Å². The third-order valence-corrected chi connectivity index (χ3v) is 3.05. The summed E-state index contributed by atoms with van der Waals surface area (Å²) < 4.78 is 2.06. The molecule has 0 spiro atoms. The third kappa shape index (κ3) is 1.66. The van der Waals surface area contributed by atoms with E-state index in [-0.39, 0.29) is 5.54 Å². The largest absolute Gasteiger partial charge is 0.382 e. The van der Waals surface area contributed by atoms with Crippen molar-refractivity contribution in [3.05, 3.63) is 24.3 Å². The minimum atomic E-state index is 0.0198. The predicted octanol–water partition coefficient (Wildman–Crippen LogP) is 3.15. The average Bonchev–Trinajstić information content (AvgIpc) is 2.58. The summed E-state index contributed by atoms with van der Waals surface area (Å²) in [7, 11) is 0. The lowest BCUT2D eigenvalue weighted by Crippen LogP contribution is -2.27. The lowest BCUT2D eigenvalue weighted by Gasteiger charge is -2.25. The molecule has 3 nitrogen and oxygen atoms in total. The Kier molecular flexibility index (Phi) is 2.62. The van der Waals surface area contributed by atoms with Gasteiger partial charge in [0.05, 0.1) is 11.1 Å². The summed E-state index contributed by atoms with van der Waals surface area (Å²) in [5, 5.41) is 5.52. The highest BCUT2D eigenvalue weighted by molar-refractivity contribution is 5.89. The van der Waals surface area contributed by atoms with E-state index in [9.17, 15) is 0 Å². The molecular weight excluding hydrogens is 198 g/mol. The van der Waals surface area contributed by atoms with Crippen molar-refractivity contribution in [2.24, 2.45) is 0 Å². The summed E-state index contributed by atoms with van der Waals surface area (Å²) in [5.41, 5.74) is 7.08. The molecule has 0 aliphatic carbocycles. The molecule has 1 aromatic heterocycles. The molecule has 0 aliphatic heterocycles. The number of anilines is 1. The van der Waals surface area contributed by atoms with Crippen molar-refractivity contribution in [1.82, 2.24) is 9.78 Å². The van der Waals surface area contributed by atoms with Crippen LogP contribution in [-0.4, -0.2) is 9.78 Å². The van der Waals surface area contributed by atoms with Crippen molar-refractivity contribution >= 4 is 16.7 Å². The van der Waals surface area contributed by atoms with Gasteiger partial charge in [-0.15, -0.1) is 0 Å². The molecule has 0 amide bonds. The van der Waals surface area contributed by atoms with Gasteiger partial charge in [0, 0.05) is 5.39 Å². The van der Waals surface area contributed by atoms with Gasteiger partial charge in [-0.25, -0.2) is 0 Å². The lowest BCUT2D eigenvalue weighted by molar-refractivity contribution is 0.303. The highest BCUT2D eigenvalue weighted by Gasteiger charge is 2.23. The fourth-order valence-corrected chi connectivity index (χ4v) is 2.27. The first kappa shape index (κ1) is 11.0. The van der Waals surface area contributed by atoms with E-state index in [1.807, 2.05) is 18.2 Å². The van der Waals surface area contributed by atoms with Gasteiger partial charge in [0.15, 0.2) is 5.82 Å². The van der Waals surface area contributed by atoms with Crippen LogP contribution in [0.2, 0.25) is 0 Å². The van der Waals surface area contributed by atoms with Crippen molar-refractivity contribution < 1.29 is 0 Å². The number of hydrogen-bond donors (Lipinski definition) is 1. The molecular formula is C13H19N3. The van der Waals surface area contributed by atoms with E-state index >= 15 is 0 Å². The molecule has 0 unspecified atom stereocenters. The first-order valence-electron chi connectivity index (χ1n) is 5.80.